The molecule has 0 radical (unpaired) electrons. The molecule has 0 bridgehead atoms. The summed E-state index contributed by atoms with van der Waals surface area (Å²) in [5, 5.41) is 11.4. The zero-order valence-electron chi connectivity index (χ0n) is 17.2. The molecule has 0 aliphatic heterocycles. The molecule has 0 aliphatic rings. The van der Waals surface area contributed by atoms with Crippen LogP contribution in [0.15, 0.2) is 47.6 Å². The van der Waals surface area contributed by atoms with E-state index < -0.39 is 11.7 Å². The Balaban J connectivity index is 1.57. The van der Waals surface area contributed by atoms with Crippen molar-refractivity contribution in [1.82, 2.24) is 14.8 Å². The minimum absolute atomic E-state index is 0.0556. The van der Waals surface area contributed by atoms with Crippen molar-refractivity contribution >= 4 is 23.4 Å². The molecule has 31 heavy (non-hydrogen) atoms. The van der Waals surface area contributed by atoms with Gasteiger partial charge in [0.25, 0.3) is 0 Å². The third-order valence-electron chi connectivity index (χ3n) is 4.53. The first-order valence-electron chi connectivity index (χ1n) is 9.32. The molecule has 164 valence electrons. The van der Waals surface area contributed by atoms with E-state index in [0.717, 1.165) is 28.9 Å². The van der Waals surface area contributed by atoms with Gasteiger partial charge in [0.2, 0.25) is 5.91 Å². The summed E-state index contributed by atoms with van der Waals surface area (Å²) in [6.45, 7) is 3.80. The lowest BCUT2D eigenvalue weighted by molar-refractivity contribution is -0.137. The molecular formula is C21H21F3N4O2S. The Morgan fingerprint density at radius 2 is 1.81 bits per heavy atom. The van der Waals surface area contributed by atoms with E-state index >= 15 is 0 Å². The number of ether oxygens (including phenoxy) is 1. The average molecular weight is 450 g/mol. The monoisotopic (exact) mass is 450 g/mol. The molecule has 0 spiro atoms. The molecule has 0 aliphatic carbocycles. The number of nitrogens with one attached hydrogen (secondary N) is 1. The van der Waals surface area contributed by atoms with E-state index in [1.54, 1.807) is 11.6 Å². The van der Waals surface area contributed by atoms with Crippen LogP contribution in [0, 0.1) is 13.8 Å². The number of halogens is 3. The molecule has 0 fully saturated rings. The van der Waals surface area contributed by atoms with Crippen LogP contribution in [0.3, 0.4) is 0 Å². The van der Waals surface area contributed by atoms with Gasteiger partial charge in [0.05, 0.1) is 11.3 Å². The summed E-state index contributed by atoms with van der Waals surface area (Å²) >= 11 is 1.21. The third kappa shape index (κ3) is 5.78. The lowest BCUT2D eigenvalue weighted by Crippen LogP contribution is -2.16. The van der Waals surface area contributed by atoms with Gasteiger partial charge in [-0.3, -0.25) is 4.79 Å². The number of hydrogen-bond acceptors (Lipinski definition) is 5. The van der Waals surface area contributed by atoms with Crippen molar-refractivity contribution in [2.24, 2.45) is 7.05 Å². The molecule has 2 aromatic carbocycles. The Morgan fingerprint density at radius 3 is 2.48 bits per heavy atom. The number of benzene rings is 2. The van der Waals surface area contributed by atoms with Gasteiger partial charge in [-0.1, -0.05) is 36.0 Å². The number of rotatable bonds is 7. The van der Waals surface area contributed by atoms with Crippen LogP contribution in [0.2, 0.25) is 0 Å². The maximum Gasteiger partial charge on any atom is 0.416 e. The lowest BCUT2D eigenvalue weighted by atomic mass is 10.1. The first-order valence-corrected chi connectivity index (χ1v) is 10.3. The maximum atomic E-state index is 12.8. The third-order valence-corrected chi connectivity index (χ3v) is 5.55. The molecule has 0 saturated heterocycles. The van der Waals surface area contributed by atoms with Crippen molar-refractivity contribution in [2.45, 2.75) is 31.8 Å². The minimum Gasteiger partial charge on any atom is -0.486 e. The fourth-order valence-electron chi connectivity index (χ4n) is 2.82. The van der Waals surface area contributed by atoms with Gasteiger partial charge in [0.15, 0.2) is 11.0 Å². The van der Waals surface area contributed by atoms with Gasteiger partial charge in [-0.15, -0.1) is 10.2 Å². The summed E-state index contributed by atoms with van der Waals surface area (Å²) in [6.07, 6.45) is -4.44. The molecule has 0 saturated carbocycles. The number of aromatic nitrogens is 3. The summed E-state index contributed by atoms with van der Waals surface area (Å²) in [6, 6.07) is 10.4. The minimum atomic E-state index is -4.44. The summed E-state index contributed by atoms with van der Waals surface area (Å²) in [4.78, 5) is 12.3. The van der Waals surface area contributed by atoms with Gasteiger partial charge < -0.3 is 14.6 Å². The Labute approximate surface area is 181 Å². The number of hydrogen-bond donors (Lipinski definition) is 1. The second-order valence-electron chi connectivity index (χ2n) is 6.88. The Bertz CT molecular complexity index is 1060. The number of amides is 1. The molecule has 10 heteroatoms. The number of carbonyl (C=O) groups excluding carboxylic acids is 1. The molecular weight excluding hydrogens is 429 g/mol. The van der Waals surface area contributed by atoms with Crippen molar-refractivity contribution in [3.05, 3.63) is 65.0 Å². The van der Waals surface area contributed by atoms with E-state index in [1.165, 1.54) is 23.9 Å². The van der Waals surface area contributed by atoms with Gasteiger partial charge in [0.1, 0.15) is 12.4 Å². The number of anilines is 1. The Hall–Kier alpha value is -3.01. The lowest BCUT2D eigenvalue weighted by Gasteiger charge is -2.11. The SMILES string of the molecule is Cc1cccc(C)c1NC(=O)CSc1nnc(COc2cccc(C(F)(F)F)c2)n1C. The predicted octanol–water partition coefficient (Wildman–Crippen LogP) is 4.76. The van der Waals surface area contributed by atoms with Gasteiger partial charge in [-0.2, -0.15) is 13.2 Å². The van der Waals surface area contributed by atoms with E-state index in [1.807, 2.05) is 32.0 Å². The average Bonchev–Trinajstić information content (AvgIpc) is 3.07. The molecule has 1 N–H and O–H groups in total. The highest BCUT2D eigenvalue weighted by molar-refractivity contribution is 7.99. The van der Waals surface area contributed by atoms with Crippen LogP contribution in [0.25, 0.3) is 0 Å². The van der Waals surface area contributed by atoms with Gasteiger partial charge in [0, 0.05) is 12.7 Å². The van der Waals surface area contributed by atoms with E-state index in [-0.39, 0.29) is 24.0 Å². The molecule has 3 aromatic rings. The summed E-state index contributed by atoms with van der Waals surface area (Å²) in [7, 11) is 1.70. The molecule has 0 atom stereocenters. The van der Waals surface area contributed by atoms with Crippen LogP contribution in [0.1, 0.15) is 22.5 Å². The quantitative estimate of drug-likeness (QED) is 0.526. The number of thioether (sulfide) groups is 1. The smallest absolute Gasteiger partial charge is 0.416 e. The molecule has 0 unspecified atom stereocenters. The molecule has 1 heterocycles. The predicted molar refractivity (Wildman–Crippen MR) is 112 cm³/mol. The summed E-state index contributed by atoms with van der Waals surface area (Å²) in [5.41, 5.74) is 1.97. The van der Waals surface area contributed by atoms with Crippen LogP contribution < -0.4 is 10.1 Å². The highest BCUT2D eigenvalue weighted by Gasteiger charge is 2.30. The number of para-hydroxylation sites is 1. The van der Waals surface area contributed by atoms with Crippen LogP contribution in [-0.4, -0.2) is 26.4 Å². The molecule has 6 nitrogen and oxygen atoms in total. The van der Waals surface area contributed by atoms with Gasteiger partial charge >= 0.3 is 6.18 Å². The normalized spacial score (nSPS) is 11.4. The van der Waals surface area contributed by atoms with Crippen molar-refractivity contribution in [3.63, 3.8) is 0 Å². The zero-order chi connectivity index (χ0) is 22.6. The zero-order valence-corrected chi connectivity index (χ0v) is 18.0. The second kappa shape index (κ2) is 9.42. The fraction of sp³-hybridized carbons (Fsp3) is 0.286. The van der Waals surface area contributed by atoms with Crippen LogP contribution in [-0.2, 0) is 24.6 Å². The van der Waals surface area contributed by atoms with E-state index in [2.05, 4.69) is 15.5 Å². The van der Waals surface area contributed by atoms with Crippen LogP contribution in [0.4, 0.5) is 18.9 Å². The Morgan fingerprint density at radius 1 is 1.13 bits per heavy atom. The summed E-state index contributed by atoms with van der Waals surface area (Å²) < 4.78 is 45.5. The number of carbonyl (C=O) groups is 1. The van der Waals surface area contributed by atoms with E-state index in [9.17, 15) is 18.0 Å². The number of nitrogens with zero attached hydrogens (tertiary/aromatic N) is 3. The number of aryl methyl sites for hydroxylation is 2. The van der Waals surface area contributed by atoms with Crippen LogP contribution >= 0.6 is 11.8 Å². The van der Waals surface area contributed by atoms with E-state index in [4.69, 9.17) is 4.74 Å². The summed E-state index contributed by atoms with van der Waals surface area (Å²) in [5.74, 6) is 0.469. The standard InChI is InChI=1S/C21H21F3N4O2S/c1-13-6-4-7-14(2)19(13)25-18(29)12-31-20-27-26-17(28(20)3)11-30-16-9-5-8-15(10-16)21(22,23)24/h4-10H,11-12H2,1-3H3,(H,25,29). The van der Waals surface area contributed by atoms with Crippen molar-refractivity contribution < 1.29 is 22.7 Å². The second-order valence-corrected chi connectivity index (χ2v) is 7.82. The molecule has 1 amide bonds. The first-order chi connectivity index (χ1) is 14.6. The van der Waals surface area contributed by atoms with Crippen molar-refractivity contribution in [1.29, 1.82) is 0 Å². The molecule has 1 aromatic heterocycles. The highest BCUT2D eigenvalue weighted by atomic mass is 32.2. The fourth-order valence-corrected chi connectivity index (χ4v) is 3.55. The van der Waals surface area contributed by atoms with Crippen molar-refractivity contribution in [2.75, 3.05) is 11.1 Å². The molecule has 3 rings (SSSR count). The van der Waals surface area contributed by atoms with E-state index in [0.29, 0.717) is 11.0 Å². The first kappa shape index (κ1) is 22.7. The largest absolute Gasteiger partial charge is 0.486 e. The topological polar surface area (TPSA) is 69.0 Å². The van der Waals surface area contributed by atoms with Gasteiger partial charge in [-0.05, 0) is 43.2 Å². The van der Waals surface area contributed by atoms with Crippen LogP contribution in [0.5, 0.6) is 5.75 Å². The highest BCUT2D eigenvalue weighted by Crippen LogP contribution is 2.31. The number of alkyl halides is 3. The van der Waals surface area contributed by atoms with Gasteiger partial charge in [-0.25, -0.2) is 0 Å². The maximum absolute atomic E-state index is 12.8. The van der Waals surface area contributed by atoms with Crippen molar-refractivity contribution in [3.8, 4) is 5.75 Å². The Kier molecular flexibility index (Phi) is 6.89.